The molecule has 34 heavy (non-hydrogen) atoms. The quantitative estimate of drug-likeness (QED) is 0.719. The number of hydrogen-bond acceptors (Lipinski definition) is 4. The fourth-order valence-electron chi connectivity index (χ4n) is 5.16. The number of urea groups is 1. The minimum absolute atomic E-state index is 0. The van der Waals surface area contributed by atoms with E-state index in [4.69, 9.17) is 0 Å². The summed E-state index contributed by atoms with van der Waals surface area (Å²) in [5, 5.41) is 2.64. The lowest BCUT2D eigenvalue weighted by Crippen LogP contribution is -2.50. The van der Waals surface area contributed by atoms with Crippen LogP contribution in [0.15, 0.2) is 54.6 Å². The average Bonchev–Trinajstić information content (AvgIpc) is 3.03. The van der Waals surface area contributed by atoms with E-state index in [0.717, 1.165) is 36.1 Å². The maximum atomic E-state index is 13.0. The van der Waals surface area contributed by atoms with Crippen LogP contribution in [0.2, 0.25) is 0 Å². The molecule has 0 spiro atoms. The number of nitrogens with zero attached hydrogens (tertiary/aromatic N) is 3. The zero-order valence-electron chi connectivity index (χ0n) is 19.4. The van der Waals surface area contributed by atoms with Gasteiger partial charge in [-0.2, -0.15) is 0 Å². The number of likely N-dealkylation sites (tertiary alicyclic amines) is 1. The molecule has 2 aromatic rings. The molecule has 8 heteroatoms. The summed E-state index contributed by atoms with van der Waals surface area (Å²) in [6.45, 7) is 1.91. The van der Waals surface area contributed by atoms with E-state index in [0.29, 0.717) is 19.6 Å². The lowest BCUT2D eigenvalue weighted by molar-refractivity contribution is -0.136. The van der Waals surface area contributed by atoms with Crippen molar-refractivity contribution in [1.29, 1.82) is 0 Å². The smallest absolute Gasteiger partial charge is 0.322 e. The van der Waals surface area contributed by atoms with Gasteiger partial charge in [-0.3, -0.25) is 9.59 Å². The van der Waals surface area contributed by atoms with Gasteiger partial charge < -0.3 is 20.0 Å². The van der Waals surface area contributed by atoms with Gasteiger partial charge >= 0.3 is 6.03 Å². The lowest BCUT2D eigenvalue weighted by atomic mass is 10.0. The summed E-state index contributed by atoms with van der Waals surface area (Å²) in [7, 11) is 1.81. The first-order chi connectivity index (χ1) is 16.5. The summed E-state index contributed by atoms with van der Waals surface area (Å²) in [6.07, 6.45) is 2.56. The molecule has 0 saturated carbocycles. The minimum atomic E-state index is -0.352. The van der Waals surface area contributed by atoms with Gasteiger partial charge in [0.25, 0.3) is 0 Å². The molecule has 4 amide bonds. The molecule has 180 valence electrons. The van der Waals surface area contributed by atoms with Crippen molar-refractivity contribution in [3.05, 3.63) is 65.7 Å². The number of para-hydroxylation sites is 1. The summed E-state index contributed by atoms with van der Waals surface area (Å²) in [4.78, 5) is 44.2. The summed E-state index contributed by atoms with van der Waals surface area (Å²) < 4.78 is 0. The summed E-state index contributed by atoms with van der Waals surface area (Å²) >= 11 is 1.56. The number of nitrogens with one attached hydrogen (secondary N) is 1. The minimum Gasteiger partial charge on any atom is -0.342 e. The third kappa shape index (κ3) is 4.51. The van der Waals surface area contributed by atoms with Crippen molar-refractivity contribution in [2.75, 3.05) is 32.0 Å². The van der Waals surface area contributed by atoms with E-state index in [1.165, 1.54) is 0 Å². The molecule has 0 aliphatic carbocycles. The first-order valence-electron chi connectivity index (χ1n) is 11.9. The van der Waals surface area contributed by atoms with Crippen LogP contribution in [0.1, 0.15) is 37.2 Å². The van der Waals surface area contributed by atoms with Crippen molar-refractivity contribution >= 4 is 35.3 Å². The molecule has 2 atom stereocenters. The number of rotatable bonds is 4. The molecule has 0 bridgehead atoms. The first-order valence-corrected chi connectivity index (χ1v) is 12.9. The molecule has 2 aromatic carbocycles. The topological polar surface area (TPSA) is 73.0 Å². The van der Waals surface area contributed by atoms with Crippen LogP contribution in [-0.4, -0.2) is 70.5 Å². The number of anilines is 1. The fourth-order valence-corrected chi connectivity index (χ4v) is 6.59. The Hall–Kier alpha value is -3.00. The van der Waals surface area contributed by atoms with Gasteiger partial charge in [0.2, 0.25) is 11.8 Å². The SMILES string of the molecule is CN1C(=O)C(CC(=O)N2CCC(N3CCc4ccccc4NC3=O)CC2)SC1c1ccccc1.[HH]. The van der Waals surface area contributed by atoms with Crippen molar-refractivity contribution in [2.24, 2.45) is 0 Å². The maximum Gasteiger partial charge on any atom is 0.322 e. The fraction of sp³-hybridized carbons (Fsp3) is 0.423. The Morgan fingerprint density at radius 3 is 2.50 bits per heavy atom. The number of carbonyl (C=O) groups excluding carboxylic acids is 3. The van der Waals surface area contributed by atoms with Crippen LogP contribution in [0.5, 0.6) is 0 Å². The van der Waals surface area contributed by atoms with Crippen molar-refractivity contribution in [2.45, 2.75) is 42.3 Å². The number of fused-ring (bicyclic) bond motifs is 1. The summed E-state index contributed by atoms with van der Waals surface area (Å²) in [5.74, 6) is 0.0435. The van der Waals surface area contributed by atoms with Crippen molar-refractivity contribution < 1.29 is 15.8 Å². The van der Waals surface area contributed by atoms with Gasteiger partial charge in [-0.25, -0.2) is 4.79 Å². The second kappa shape index (κ2) is 9.70. The first kappa shape index (κ1) is 22.8. The van der Waals surface area contributed by atoms with E-state index >= 15 is 0 Å². The summed E-state index contributed by atoms with van der Waals surface area (Å²) in [6, 6.07) is 17.9. The van der Waals surface area contributed by atoms with Crippen LogP contribution in [0.3, 0.4) is 0 Å². The van der Waals surface area contributed by atoms with Crippen LogP contribution in [-0.2, 0) is 16.0 Å². The Morgan fingerprint density at radius 2 is 1.74 bits per heavy atom. The Bertz CT molecular complexity index is 1080. The standard InChI is InChI=1S/C26H30N4O3S.H2/c1-28-24(32)22(34-25(28)19-8-3-2-4-9-19)17-23(31)29-14-12-20(13-15-29)30-16-11-18-7-5-6-10-21(18)27-26(30)33;/h2-10,20,22,25H,11-17H2,1H3,(H,27,33);1H. The average molecular weight is 481 g/mol. The number of benzene rings is 2. The predicted octanol–water partition coefficient (Wildman–Crippen LogP) is 3.98. The van der Waals surface area contributed by atoms with Crippen molar-refractivity contribution in [1.82, 2.24) is 14.7 Å². The van der Waals surface area contributed by atoms with E-state index in [2.05, 4.69) is 11.4 Å². The second-order valence-electron chi connectivity index (χ2n) is 9.18. The largest absolute Gasteiger partial charge is 0.342 e. The number of piperidine rings is 1. The van der Waals surface area contributed by atoms with E-state index < -0.39 is 0 Å². The van der Waals surface area contributed by atoms with Crippen molar-refractivity contribution in [3.63, 3.8) is 0 Å². The zero-order valence-corrected chi connectivity index (χ0v) is 20.2. The molecule has 2 fully saturated rings. The molecule has 2 saturated heterocycles. The number of amides is 4. The summed E-state index contributed by atoms with van der Waals surface area (Å²) in [5.41, 5.74) is 3.13. The lowest BCUT2D eigenvalue weighted by Gasteiger charge is -2.38. The van der Waals surface area contributed by atoms with E-state index in [1.54, 1.807) is 16.7 Å². The normalized spacial score (nSPS) is 23.5. The van der Waals surface area contributed by atoms with Crippen LogP contribution in [0.25, 0.3) is 0 Å². The Balaban J connectivity index is 0.00000289. The van der Waals surface area contributed by atoms with Gasteiger partial charge in [0.1, 0.15) is 5.37 Å². The zero-order chi connectivity index (χ0) is 23.7. The van der Waals surface area contributed by atoms with Gasteiger partial charge in [-0.15, -0.1) is 11.8 Å². The Labute approximate surface area is 206 Å². The Morgan fingerprint density at radius 1 is 1.03 bits per heavy atom. The molecule has 0 radical (unpaired) electrons. The highest BCUT2D eigenvalue weighted by Crippen LogP contribution is 2.43. The third-order valence-corrected chi connectivity index (χ3v) is 8.66. The Kier molecular flexibility index (Phi) is 6.50. The second-order valence-corrected chi connectivity index (χ2v) is 10.5. The maximum absolute atomic E-state index is 13.0. The van der Waals surface area contributed by atoms with Gasteiger partial charge in [0, 0.05) is 46.3 Å². The van der Waals surface area contributed by atoms with Gasteiger partial charge in [-0.1, -0.05) is 48.5 Å². The number of carbonyl (C=O) groups is 3. The molecule has 3 heterocycles. The van der Waals surface area contributed by atoms with E-state index in [1.807, 2.05) is 65.4 Å². The number of thioether (sulfide) groups is 1. The molecule has 3 aliphatic heterocycles. The predicted molar refractivity (Wildman–Crippen MR) is 136 cm³/mol. The highest BCUT2D eigenvalue weighted by atomic mass is 32.2. The van der Waals surface area contributed by atoms with E-state index in [-0.39, 0.29) is 42.4 Å². The number of hydrogen-bond donors (Lipinski definition) is 1. The van der Waals surface area contributed by atoms with Gasteiger partial charge in [0.15, 0.2) is 0 Å². The van der Waals surface area contributed by atoms with Crippen molar-refractivity contribution in [3.8, 4) is 0 Å². The van der Waals surface area contributed by atoms with E-state index in [9.17, 15) is 14.4 Å². The van der Waals surface area contributed by atoms with Crippen LogP contribution in [0, 0.1) is 0 Å². The van der Waals surface area contributed by atoms with Crippen LogP contribution < -0.4 is 5.32 Å². The molecule has 5 rings (SSSR count). The molecule has 2 unspecified atom stereocenters. The molecular weight excluding hydrogens is 448 g/mol. The van der Waals surface area contributed by atoms with Crippen LogP contribution in [0.4, 0.5) is 10.5 Å². The molecule has 3 aliphatic rings. The van der Waals surface area contributed by atoms with Gasteiger partial charge in [0.05, 0.1) is 5.25 Å². The highest BCUT2D eigenvalue weighted by molar-refractivity contribution is 8.01. The van der Waals surface area contributed by atoms with Crippen LogP contribution >= 0.6 is 11.8 Å². The highest BCUT2D eigenvalue weighted by Gasteiger charge is 2.41. The monoisotopic (exact) mass is 480 g/mol. The van der Waals surface area contributed by atoms with Gasteiger partial charge in [-0.05, 0) is 36.5 Å². The molecule has 0 aromatic heterocycles. The third-order valence-electron chi connectivity index (χ3n) is 7.11. The molecule has 7 nitrogen and oxygen atoms in total. The molecule has 1 N–H and O–H groups in total. The molecular formula is C26H32N4O3S.